The number of hydrogen-bond acceptors (Lipinski definition) is 4. The number of hydrogen-bond donors (Lipinski definition) is 0. The number of methoxy groups -OCH3 is 1. The molecule has 1 aliphatic heterocycles. The summed E-state index contributed by atoms with van der Waals surface area (Å²) in [6.07, 6.45) is 3.92. The number of para-hydroxylation sites is 1. The Balaban J connectivity index is 1.70. The topological polar surface area (TPSA) is 63.7 Å². The van der Waals surface area contributed by atoms with Crippen molar-refractivity contribution in [2.75, 3.05) is 11.4 Å². The number of anilines is 1. The highest BCUT2D eigenvalue weighted by Gasteiger charge is 2.55. The van der Waals surface area contributed by atoms with Gasteiger partial charge in [-0.3, -0.25) is 4.79 Å². The number of ether oxygens (including phenoxy) is 1. The van der Waals surface area contributed by atoms with Crippen LogP contribution in [-0.2, 0) is 25.0 Å². The predicted octanol–water partition coefficient (Wildman–Crippen LogP) is 4.99. The minimum atomic E-state index is -3.86. The number of sulfonamides is 1. The van der Waals surface area contributed by atoms with Gasteiger partial charge in [0, 0.05) is 6.20 Å². The maximum atomic E-state index is 13.7. The second kappa shape index (κ2) is 7.74. The monoisotopic (exact) mass is 457 g/mol. The van der Waals surface area contributed by atoms with Crippen LogP contribution >= 0.6 is 0 Å². The van der Waals surface area contributed by atoms with Gasteiger partial charge in [-0.15, -0.1) is 0 Å². The molecule has 166 valence electrons. The number of rotatable bonds is 4. The molecule has 1 aliphatic carbocycles. The maximum Gasteiger partial charge on any atom is 0.321 e. The fraction of sp³-hybridized carbons (Fsp3) is 0.148. The van der Waals surface area contributed by atoms with Crippen molar-refractivity contribution in [1.82, 2.24) is 0 Å². The Bertz CT molecular complexity index is 1410. The number of esters is 1. The highest BCUT2D eigenvalue weighted by Crippen LogP contribution is 2.55. The van der Waals surface area contributed by atoms with Gasteiger partial charge in [0.25, 0.3) is 10.0 Å². The normalized spacial score (nSPS) is 19.3. The third-order valence-corrected chi connectivity index (χ3v) is 8.07. The summed E-state index contributed by atoms with van der Waals surface area (Å²) in [4.78, 5) is 13.3. The molecule has 0 radical (unpaired) electrons. The van der Waals surface area contributed by atoms with Crippen LogP contribution in [0.3, 0.4) is 0 Å². The molecule has 5 rings (SSSR count). The zero-order valence-electron chi connectivity index (χ0n) is 18.4. The molecule has 0 bridgehead atoms. The summed E-state index contributed by atoms with van der Waals surface area (Å²) in [6.45, 7) is 1.92. The van der Waals surface area contributed by atoms with Crippen LogP contribution in [0.1, 0.15) is 23.1 Å². The number of benzene rings is 3. The molecule has 33 heavy (non-hydrogen) atoms. The molecule has 2 aliphatic rings. The maximum absolute atomic E-state index is 13.7. The average molecular weight is 458 g/mol. The van der Waals surface area contributed by atoms with E-state index in [0.717, 1.165) is 27.8 Å². The molecule has 3 aromatic rings. The lowest BCUT2D eigenvalue weighted by Gasteiger charge is -2.44. The Morgan fingerprint density at radius 3 is 2.30 bits per heavy atom. The lowest BCUT2D eigenvalue weighted by molar-refractivity contribution is -0.147. The van der Waals surface area contributed by atoms with Crippen molar-refractivity contribution in [2.45, 2.75) is 23.7 Å². The largest absolute Gasteiger partial charge is 0.468 e. The van der Waals surface area contributed by atoms with E-state index in [-0.39, 0.29) is 10.9 Å². The van der Waals surface area contributed by atoms with E-state index >= 15 is 0 Å². The highest BCUT2D eigenvalue weighted by molar-refractivity contribution is 7.93. The highest BCUT2D eigenvalue weighted by atomic mass is 32.2. The molecule has 1 fully saturated rings. The van der Waals surface area contributed by atoms with Gasteiger partial charge in [-0.2, -0.15) is 0 Å². The van der Waals surface area contributed by atoms with Gasteiger partial charge in [0.2, 0.25) is 0 Å². The molecule has 3 aromatic carbocycles. The van der Waals surface area contributed by atoms with Crippen LogP contribution in [-0.4, -0.2) is 21.5 Å². The summed E-state index contributed by atoms with van der Waals surface area (Å²) in [5.41, 5.74) is 3.65. The smallest absolute Gasteiger partial charge is 0.321 e. The number of nitrogens with zero attached hydrogens (tertiary/aromatic N) is 1. The summed E-state index contributed by atoms with van der Waals surface area (Å²) in [7, 11) is -2.48. The van der Waals surface area contributed by atoms with Gasteiger partial charge in [-0.1, -0.05) is 66.2 Å². The van der Waals surface area contributed by atoms with Gasteiger partial charge >= 0.3 is 5.97 Å². The van der Waals surface area contributed by atoms with Crippen LogP contribution in [0.4, 0.5) is 5.69 Å². The predicted molar refractivity (Wildman–Crippen MR) is 128 cm³/mol. The van der Waals surface area contributed by atoms with E-state index < -0.39 is 15.4 Å². The minimum Gasteiger partial charge on any atom is -0.468 e. The van der Waals surface area contributed by atoms with Crippen LogP contribution < -0.4 is 4.31 Å². The SMILES string of the molecule is COC(=O)C1(c2ccccc2)CC2=CN(S(=O)(=O)c3ccc(C)cc3)c3ccccc3C=C21. The van der Waals surface area contributed by atoms with E-state index in [2.05, 4.69) is 0 Å². The average Bonchev–Trinajstić information content (AvgIpc) is 2.96. The van der Waals surface area contributed by atoms with Crippen LogP contribution in [0.15, 0.2) is 101 Å². The van der Waals surface area contributed by atoms with Crippen LogP contribution in [0.25, 0.3) is 6.08 Å². The third-order valence-electron chi connectivity index (χ3n) is 6.39. The van der Waals surface area contributed by atoms with Gasteiger partial charge in [0.05, 0.1) is 17.7 Å². The number of aryl methyl sites for hydroxylation is 1. The van der Waals surface area contributed by atoms with Crippen LogP contribution in [0.5, 0.6) is 0 Å². The lowest BCUT2D eigenvalue weighted by Crippen LogP contribution is -2.47. The van der Waals surface area contributed by atoms with Crippen molar-refractivity contribution in [3.8, 4) is 0 Å². The Morgan fingerprint density at radius 1 is 0.939 bits per heavy atom. The molecule has 0 amide bonds. The van der Waals surface area contributed by atoms with Gasteiger partial charge in [0.1, 0.15) is 5.41 Å². The van der Waals surface area contributed by atoms with Gasteiger partial charge in [-0.05, 0) is 59.9 Å². The molecule has 0 spiro atoms. The van der Waals surface area contributed by atoms with Crippen molar-refractivity contribution >= 4 is 27.8 Å². The molecular weight excluding hydrogens is 434 g/mol. The Labute approximate surface area is 193 Å². The third kappa shape index (κ3) is 3.21. The fourth-order valence-electron chi connectivity index (χ4n) is 4.63. The lowest BCUT2D eigenvalue weighted by atomic mass is 9.57. The Kier molecular flexibility index (Phi) is 4.98. The first-order valence-corrected chi connectivity index (χ1v) is 12.1. The standard InChI is InChI=1S/C27H23NO4S/c1-19-12-14-23(15-13-19)33(30,31)28-18-21-17-27(26(29)32-2,22-9-4-3-5-10-22)24(21)16-20-8-6-7-11-25(20)28/h3-16,18H,17H2,1-2H3. The van der Waals surface area contributed by atoms with Gasteiger partial charge < -0.3 is 4.74 Å². The molecule has 0 saturated heterocycles. The number of carbonyl (C=O) groups is 1. The van der Waals surface area contributed by atoms with Crippen molar-refractivity contribution in [2.24, 2.45) is 0 Å². The molecule has 1 heterocycles. The van der Waals surface area contributed by atoms with Crippen LogP contribution in [0, 0.1) is 6.92 Å². The Morgan fingerprint density at radius 2 is 1.61 bits per heavy atom. The second-order valence-corrected chi connectivity index (χ2v) is 10.1. The van der Waals surface area contributed by atoms with Crippen molar-refractivity contribution in [3.63, 3.8) is 0 Å². The van der Waals surface area contributed by atoms with Crippen molar-refractivity contribution < 1.29 is 17.9 Å². The zero-order chi connectivity index (χ0) is 23.2. The molecule has 5 nitrogen and oxygen atoms in total. The first-order chi connectivity index (χ1) is 15.9. The number of allylic oxidation sites excluding steroid dienone is 1. The second-order valence-electron chi connectivity index (χ2n) is 8.32. The summed E-state index contributed by atoms with van der Waals surface area (Å²) in [6, 6.07) is 23.6. The zero-order valence-corrected chi connectivity index (χ0v) is 19.2. The van der Waals surface area contributed by atoms with E-state index in [1.54, 1.807) is 36.5 Å². The van der Waals surface area contributed by atoms with Gasteiger partial charge in [0.15, 0.2) is 0 Å². The van der Waals surface area contributed by atoms with Crippen molar-refractivity contribution in [3.05, 3.63) is 113 Å². The summed E-state index contributed by atoms with van der Waals surface area (Å²) in [5.74, 6) is -0.357. The Hall–Kier alpha value is -3.64. The molecular formula is C27H23NO4S. The molecule has 0 aromatic heterocycles. The first kappa shape index (κ1) is 21.2. The van der Waals surface area contributed by atoms with E-state index in [1.807, 2.05) is 61.5 Å². The molecule has 0 N–H and O–H groups in total. The summed E-state index contributed by atoms with van der Waals surface area (Å²) >= 11 is 0. The molecule has 1 unspecified atom stereocenters. The van der Waals surface area contributed by atoms with E-state index in [1.165, 1.54) is 11.4 Å². The molecule has 1 atom stereocenters. The number of fused-ring (bicyclic) bond motifs is 2. The molecule has 6 heteroatoms. The van der Waals surface area contributed by atoms with Crippen LogP contribution in [0.2, 0.25) is 0 Å². The number of carbonyl (C=O) groups excluding carboxylic acids is 1. The minimum absolute atomic E-state index is 0.213. The van der Waals surface area contributed by atoms with E-state index in [4.69, 9.17) is 4.74 Å². The van der Waals surface area contributed by atoms with E-state index in [0.29, 0.717) is 12.1 Å². The quantitative estimate of drug-likeness (QED) is 0.518. The van der Waals surface area contributed by atoms with Crippen molar-refractivity contribution in [1.29, 1.82) is 0 Å². The molecule has 1 saturated carbocycles. The van der Waals surface area contributed by atoms with E-state index in [9.17, 15) is 13.2 Å². The first-order valence-electron chi connectivity index (χ1n) is 10.7. The summed E-state index contributed by atoms with van der Waals surface area (Å²) in [5, 5.41) is 0. The summed E-state index contributed by atoms with van der Waals surface area (Å²) < 4.78 is 33.9. The fourth-order valence-corrected chi connectivity index (χ4v) is 6.03. The van der Waals surface area contributed by atoms with Gasteiger partial charge in [-0.25, -0.2) is 12.7 Å².